The number of rotatable bonds is 3. The number of hydrazone groups is 1. The minimum atomic E-state index is 0.477. The van der Waals surface area contributed by atoms with E-state index in [-0.39, 0.29) is 0 Å². The van der Waals surface area contributed by atoms with Gasteiger partial charge in [-0.15, -0.1) is 11.3 Å². The largest absolute Gasteiger partial charge is 0.358 e. The summed E-state index contributed by atoms with van der Waals surface area (Å²) in [6.45, 7) is 4.26. The Bertz CT molecular complexity index is 455. The first kappa shape index (κ1) is 14.4. The number of nitrogens with zero attached hydrogens (tertiary/aromatic N) is 2. The van der Waals surface area contributed by atoms with Gasteiger partial charge in [0.05, 0.1) is 16.9 Å². The van der Waals surface area contributed by atoms with Crippen LogP contribution in [0.15, 0.2) is 10.5 Å². The summed E-state index contributed by atoms with van der Waals surface area (Å²) in [6.07, 6.45) is 6.79. The first-order valence-corrected chi connectivity index (χ1v) is 7.95. The quantitative estimate of drug-likeness (QED) is 0.511. The number of aryl methyl sites for hydroxylation is 1. The highest BCUT2D eigenvalue weighted by atomic mass is 32.1. The maximum Gasteiger partial charge on any atom is 0.187 e. The third-order valence-corrected chi connectivity index (χ3v) is 4.43. The van der Waals surface area contributed by atoms with Crippen LogP contribution in [-0.4, -0.2) is 22.4 Å². The molecule has 1 aromatic rings. The van der Waals surface area contributed by atoms with Gasteiger partial charge in [-0.1, -0.05) is 19.8 Å². The minimum absolute atomic E-state index is 0.477. The van der Waals surface area contributed by atoms with Crippen molar-refractivity contribution in [3.63, 3.8) is 0 Å². The molecular weight excluding hydrogens is 276 g/mol. The topological polar surface area (TPSA) is 49.3 Å². The van der Waals surface area contributed by atoms with Crippen LogP contribution in [0.5, 0.6) is 0 Å². The summed E-state index contributed by atoms with van der Waals surface area (Å²) < 4.78 is 0. The third kappa shape index (κ3) is 4.54. The van der Waals surface area contributed by atoms with E-state index in [1.165, 1.54) is 25.7 Å². The zero-order valence-corrected chi connectivity index (χ0v) is 13.0. The Hall–Kier alpha value is -1.01. The smallest absolute Gasteiger partial charge is 0.187 e. The molecule has 0 unspecified atom stereocenters. The molecule has 1 aromatic heterocycles. The molecule has 0 saturated heterocycles. The van der Waals surface area contributed by atoms with Crippen LogP contribution in [0.25, 0.3) is 0 Å². The van der Waals surface area contributed by atoms with Crippen molar-refractivity contribution in [3.05, 3.63) is 16.1 Å². The Kier molecular flexibility index (Phi) is 5.27. The van der Waals surface area contributed by atoms with Crippen LogP contribution >= 0.6 is 23.6 Å². The van der Waals surface area contributed by atoms with Gasteiger partial charge in [0.2, 0.25) is 0 Å². The molecule has 4 nitrogen and oxygen atoms in total. The van der Waals surface area contributed by atoms with Crippen molar-refractivity contribution >= 4 is 34.9 Å². The molecule has 2 atom stereocenters. The number of hydrogen-bond acceptors (Lipinski definition) is 4. The Morgan fingerprint density at radius 2 is 2.32 bits per heavy atom. The molecule has 0 spiro atoms. The zero-order chi connectivity index (χ0) is 13.7. The van der Waals surface area contributed by atoms with E-state index in [2.05, 4.69) is 27.8 Å². The van der Waals surface area contributed by atoms with E-state index >= 15 is 0 Å². The molecule has 1 fully saturated rings. The number of thiocarbonyl (C=S) groups is 1. The average molecular weight is 296 g/mol. The lowest BCUT2D eigenvalue weighted by Crippen LogP contribution is -2.44. The fraction of sp³-hybridized carbons (Fsp3) is 0.615. The van der Waals surface area contributed by atoms with Gasteiger partial charge in [-0.05, 0) is 37.9 Å². The maximum absolute atomic E-state index is 5.25. The van der Waals surface area contributed by atoms with Gasteiger partial charge in [0.25, 0.3) is 0 Å². The van der Waals surface area contributed by atoms with Gasteiger partial charge in [0, 0.05) is 11.4 Å². The fourth-order valence-electron chi connectivity index (χ4n) is 2.33. The van der Waals surface area contributed by atoms with Gasteiger partial charge in [-0.3, -0.25) is 5.43 Å². The van der Waals surface area contributed by atoms with Gasteiger partial charge in [-0.25, -0.2) is 4.98 Å². The molecule has 0 bridgehead atoms. The molecule has 0 radical (unpaired) electrons. The van der Waals surface area contributed by atoms with Gasteiger partial charge < -0.3 is 5.32 Å². The molecule has 1 aliphatic carbocycles. The SMILES string of the molecule is Cc1nc(/C=N\NC(=S)N[C@@H]2CCCC[C@H]2C)cs1. The molecular formula is C13H20N4S2. The van der Waals surface area contributed by atoms with E-state index in [4.69, 9.17) is 12.2 Å². The molecule has 6 heteroatoms. The summed E-state index contributed by atoms with van der Waals surface area (Å²) in [7, 11) is 0. The van der Waals surface area contributed by atoms with Crippen molar-refractivity contribution in [2.75, 3.05) is 0 Å². The van der Waals surface area contributed by atoms with Crippen LogP contribution in [0.4, 0.5) is 0 Å². The fourth-order valence-corrected chi connectivity index (χ4v) is 3.09. The second kappa shape index (κ2) is 6.96. The van der Waals surface area contributed by atoms with Crippen LogP contribution in [-0.2, 0) is 0 Å². The molecule has 1 heterocycles. The molecule has 1 saturated carbocycles. The molecule has 104 valence electrons. The van der Waals surface area contributed by atoms with Crippen LogP contribution in [0.1, 0.15) is 43.3 Å². The standard InChI is InChI=1S/C13H20N4S2/c1-9-5-3-4-6-12(9)16-13(18)17-14-7-11-8-19-10(2)15-11/h7-9,12H,3-6H2,1-2H3,(H2,16,17,18)/b14-7-/t9-,12-/m1/s1. The number of nitrogens with one attached hydrogen (secondary N) is 2. The van der Waals surface area contributed by atoms with E-state index < -0.39 is 0 Å². The van der Waals surface area contributed by atoms with Crippen LogP contribution < -0.4 is 10.7 Å². The third-order valence-electron chi connectivity index (χ3n) is 3.43. The number of hydrogen-bond donors (Lipinski definition) is 2. The summed E-state index contributed by atoms with van der Waals surface area (Å²) in [4.78, 5) is 4.30. The highest BCUT2D eigenvalue weighted by molar-refractivity contribution is 7.80. The van der Waals surface area contributed by atoms with Crippen LogP contribution in [0, 0.1) is 12.8 Å². The summed E-state index contributed by atoms with van der Waals surface area (Å²) >= 11 is 6.87. The Labute approximate surface area is 123 Å². The molecule has 0 aliphatic heterocycles. The second-order valence-electron chi connectivity index (χ2n) is 5.00. The average Bonchev–Trinajstić information content (AvgIpc) is 2.78. The number of thiazole rings is 1. The van der Waals surface area contributed by atoms with E-state index in [0.29, 0.717) is 17.1 Å². The summed E-state index contributed by atoms with van der Waals surface area (Å²) in [6, 6.07) is 0.477. The minimum Gasteiger partial charge on any atom is -0.358 e. The molecule has 2 rings (SSSR count). The summed E-state index contributed by atoms with van der Waals surface area (Å²) in [5.41, 5.74) is 3.73. The predicted molar refractivity (Wildman–Crippen MR) is 84.7 cm³/mol. The lowest BCUT2D eigenvalue weighted by atomic mass is 9.86. The molecule has 2 N–H and O–H groups in total. The maximum atomic E-state index is 5.25. The van der Waals surface area contributed by atoms with Gasteiger partial charge >= 0.3 is 0 Å². The monoisotopic (exact) mass is 296 g/mol. The van der Waals surface area contributed by atoms with Crippen molar-refractivity contribution < 1.29 is 0 Å². The van der Waals surface area contributed by atoms with Crippen molar-refractivity contribution in [2.24, 2.45) is 11.0 Å². The Morgan fingerprint density at radius 1 is 1.53 bits per heavy atom. The number of aromatic nitrogens is 1. The summed E-state index contributed by atoms with van der Waals surface area (Å²) in [5.74, 6) is 0.679. The van der Waals surface area contributed by atoms with E-state index in [9.17, 15) is 0 Å². The van der Waals surface area contributed by atoms with Crippen LogP contribution in [0.3, 0.4) is 0 Å². The van der Waals surface area contributed by atoms with Crippen molar-refractivity contribution in [1.82, 2.24) is 15.7 Å². The predicted octanol–water partition coefficient (Wildman–Crippen LogP) is 2.83. The highest BCUT2D eigenvalue weighted by Crippen LogP contribution is 2.23. The highest BCUT2D eigenvalue weighted by Gasteiger charge is 2.21. The molecule has 0 aromatic carbocycles. The van der Waals surface area contributed by atoms with Crippen molar-refractivity contribution in [1.29, 1.82) is 0 Å². The van der Waals surface area contributed by atoms with Gasteiger partial charge in [-0.2, -0.15) is 5.10 Å². The first-order valence-electron chi connectivity index (χ1n) is 6.67. The molecule has 19 heavy (non-hydrogen) atoms. The lowest BCUT2D eigenvalue weighted by Gasteiger charge is -2.30. The van der Waals surface area contributed by atoms with Gasteiger partial charge in [0.15, 0.2) is 5.11 Å². The van der Waals surface area contributed by atoms with E-state index in [0.717, 1.165) is 10.7 Å². The Morgan fingerprint density at radius 3 is 3.00 bits per heavy atom. The Balaban J connectivity index is 1.76. The van der Waals surface area contributed by atoms with Crippen molar-refractivity contribution in [2.45, 2.75) is 45.6 Å². The second-order valence-corrected chi connectivity index (χ2v) is 6.47. The zero-order valence-electron chi connectivity index (χ0n) is 11.3. The lowest BCUT2D eigenvalue weighted by molar-refractivity contribution is 0.308. The molecule has 1 aliphatic rings. The molecule has 0 amide bonds. The van der Waals surface area contributed by atoms with Crippen molar-refractivity contribution in [3.8, 4) is 0 Å². The van der Waals surface area contributed by atoms with E-state index in [1.54, 1.807) is 17.6 Å². The normalized spacial score (nSPS) is 23.5. The van der Waals surface area contributed by atoms with E-state index in [1.807, 2.05) is 12.3 Å². The first-order chi connectivity index (χ1) is 9.15. The van der Waals surface area contributed by atoms with Gasteiger partial charge in [0.1, 0.15) is 0 Å². The summed E-state index contributed by atoms with van der Waals surface area (Å²) in [5, 5.41) is 11.1. The van der Waals surface area contributed by atoms with Crippen LogP contribution in [0.2, 0.25) is 0 Å².